The third-order valence-corrected chi connectivity index (χ3v) is 4.12. The van der Waals surface area contributed by atoms with E-state index in [4.69, 9.17) is 4.74 Å². The highest BCUT2D eigenvalue weighted by atomic mass is 79.9. The zero-order chi connectivity index (χ0) is 16.1. The van der Waals surface area contributed by atoms with Crippen molar-refractivity contribution in [2.24, 2.45) is 0 Å². The van der Waals surface area contributed by atoms with E-state index >= 15 is 0 Å². The van der Waals surface area contributed by atoms with Crippen molar-refractivity contribution in [1.29, 1.82) is 0 Å². The Hall–Kier alpha value is -1.80. The number of aromatic amines is 1. The average Bonchev–Trinajstić information content (AvgIpc) is 2.44. The minimum absolute atomic E-state index is 0.149. The fraction of sp³-hybridized carbons (Fsp3) is 0.214. The molecule has 0 aliphatic carbocycles. The number of nitrogens with one attached hydrogen (secondary N) is 2. The lowest BCUT2D eigenvalue weighted by molar-refractivity contribution is -0.113. The quantitative estimate of drug-likeness (QED) is 0.612. The zero-order valence-electron chi connectivity index (χ0n) is 12.0. The predicted molar refractivity (Wildman–Crippen MR) is 89.6 cm³/mol. The Morgan fingerprint density at radius 3 is 2.86 bits per heavy atom. The molecule has 0 atom stereocenters. The molecule has 22 heavy (non-hydrogen) atoms. The fourth-order valence-electron chi connectivity index (χ4n) is 1.70. The van der Waals surface area contributed by atoms with Gasteiger partial charge in [0.05, 0.1) is 17.3 Å². The number of methoxy groups -OCH3 is 1. The number of halogens is 1. The molecule has 116 valence electrons. The molecule has 1 amide bonds. The number of aromatic nitrogens is 2. The first-order valence-corrected chi connectivity index (χ1v) is 8.10. The van der Waals surface area contributed by atoms with Crippen molar-refractivity contribution in [3.8, 4) is 5.75 Å². The Kier molecular flexibility index (Phi) is 5.62. The number of H-pyrrole nitrogens is 1. The molecule has 0 radical (unpaired) electrons. The molecule has 2 N–H and O–H groups in total. The molecule has 0 saturated carbocycles. The van der Waals surface area contributed by atoms with Crippen LogP contribution in [0.2, 0.25) is 0 Å². The molecule has 8 heteroatoms. The Morgan fingerprint density at radius 1 is 1.45 bits per heavy atom. The van der Waals surface area contributed by atoms with Gasteiger partial charge >= 0.3 is 0 Å². The van der Waals surface area contributed by atoms with Crippen molar-refractivity contribution in [2.45, 2.75) is 12.1 Å². The summed E-state index contributed by atoms with van der Waals surface area (Å²) in [7, 11) is 1.57. The monoisotopic (exact) mass is 383 g/mol. The molecule has 0 fully saturated rings. The van der Waals surface area contributed by atoms with E-state index in [1.807, 2.05) is 0 Å². The summed E-state index contributed by atoms with van der Waals surface area (Å²) in [5, 5.41) is 3.20. The lowest BCUT2D eigenvalue weighted by Crippen LogP contribution is -2.15. The highest BCUT2D eigenvalue weighted by Gasteiger charge is 2.07. The molecule has 1 aromatic carbocycles. The lowest BCUT2D eigenvalue weighted by Gasteiger charge is -2.08. The Bertz CT molecular complexity index is 748. The van der Waals surface area contributed by atoms with Gasteiger partial charge in [-0.15, -0.1) is 0 Å². The summed E-state index contributed by atoms with van der Waals surface area (Å²) in [6.45, 7) is 1.73. The first-order valence-electron chi connectivity index (χ1n) is 6.32. The summed E-state index contributed by atoms with van der Waals surface area (Å²) in [6.07, 6.45) is 0. The number of amides is 1. The van der Waals surface area contributed by atoms with Crippen LogP contribution in [0.1, 0.15) is 5.69 Å². The predicted octanol–water partition coefficient (Wildman–Crippen LogP) is 2.58. The molecular formula is C14H14BrN3O3S. The first kappa shape index (κ1) is 16.6. The number of hydrogen-bond acceptors (Lipinski definition) is 5. The number of carbonyl (C=O) groups excluding carboxylic acids is 1. The molecule has 6 nitrogen and oxygen atoms in total. The second kappa shape index (κ2) is 7.46. The van der Waals surface area contributed by atoms with Crippen LogP contribution in [0, 0.1) is 6.92 Å². The van der Waals surface area contributed by atoms with Gasteiger partial charge < -0.3 is 15.0 Å². The number of rotatable bonds is 5. The number of aryl methyl sites for hydroxylation is 1. The number of ether oxygens (including phenoxy) is 1. The largest absolute Gasteiger partial charge is 0.496 e. The Morgan fingerprint density at radius 2 is 2.23 bits per heavy atom. The van der Waals surface area contributed by atoms with Crippen LogP contribution in [0.15, 0.2) is 38.7 Å². The second-order valence-corrected chi connectivity index (χ2v) is 6.20. The number of benzene rings is 1. The van der Waals surface area contributed by atoms with Gasteiger partial charge in [-0.3, -0.25) is 9.59 Å². The second-order valence-electron chi connectivity index (χ2n) is 4.38. The van der Waals surface area contributed by atoms with Crippen molar-refractivity contribution in [3.05, 3.63) is 44.8 Å². The maximum atomic E-state index is 11.9. The van der Waals surface area contributed by atoms with E-state index < -0.39 is 0 Å². The van der Waals surface area contributed by atoms with Crippen LogP contribution in [0.4, 0.5) is 5.69 Å². The Labute approximate surface area is 139 Å². The van der Waals surface area contributed by atoms with E-state index in [0.717, 1.165) is 4.47 Å². The van der Waals surface area contributed by atoms with Crippen LogP contribution >= 0.6 is 27.7 Å². The average molecular weight is 384 g/mol. The standard InChI is InChI=1S/C14H14BrN3O3S/c1-8-5-12(19)18-14(16-8)22-7-13(20)17-9-3-4-11(21-2)10(15)6-9/h3-6H,7H2,1-2H3,(H,17,20)(H,16,18,19). The molecule has 0 spiro atoms. The van der Waals surface area contributed by atoms with E-state index in [2.05, 4.69) is 31.2 Å². The zero-order valence-corrected chi connectivity index (χ0v) is 14.4. The van der Waals surface area contributed by atoms with Gasteiger partial charge in [0.2, 0.25) is 5.91 Å². The normalized spacial score (nSPS) is 10.3. The van der Waals surface area contributed by atoms with Gasteiger partial charge in [0.25, 0.3) is 5.56 Å². The van der Waals surface area contributed by atoms with Crippen LogP contribution < -0.4 is 15.6 Å². The molecule has 0 aliphatic rings. The van der Waals surface area contributed by atoms with Crippen LogP contribution in [0.25, 0.3) is 0 Å². The smallest absolute Gasteiger partial charge is 0.251 e. The summed E-state index contributed by atoms with van der Waals surface area (Å²) in [4.78, 5) is 30.0. The highest BCUT2D eigenvalue weighted by molar-refractivity contribution is 9.10. The van der Waals surface area contributed by atoms with Crippen molar-refractivity contribution in [3.63, 3.8) is 0 Å². The first-order chi connectivity index (χ1) is 10.5. The molecule has 2 aromatic rings. The number of anilines is 1. The van der Waals surface area contributed by atoms with Gasteiger partial charge in [0.15, 0.2) is 5.16 Å². The van der Waals surface area contributed by atoms with Crippen molar-refractivity contribution >= 4 is 39.3 Å². The molecule has 0 saturated heterocycles. The number of thioether (sulfide) groups is 1. The topological polar surface area (TPSA) is 84.1 Å². The fourth-order valence-corrected chi connectivity index (χ4v) is 2.96. The van der Waals surface area contributed by atoms with Gasteiger partial charge in [-0.1, -0.05) is 11.8 Å². The van der Waals surface area contributed by atoms with Gasteiger partial charge in [-0.25, -0.2) is 4.98 Å². The van der Waals surface area contributed by atoms with E-state index in [-0.39, 0.29) is 17.2 Å². The van der Waals surface area contributed by atoms with E-state index in [9.17, 15) is 9.59 Å². The molecule has 1 heterocycles. The van der Waals surface area contributed by atoms with Gasteiger partial charge in [0, 0.05) is 17.4 Å². The van der Waals surface area contributed by atoms with Gasteiger partial charge in [-0.2, -0.15) is 0 Å². The van der Waals surface area contributed by atoms with Crippen molar-refractivity contribution < 1.29 is 9.53 Å². The van der Waals surface area contributed by atoms with Crippen molar-refractivity contribution in [2.75, 3.05) is 18.2 Å². The molecule has 0 aliphatic heterocycles. The highest BCUT2D eigenvalue weighted by Crippen LogP contribution is 2.27. The Balaban J connectivity index is 1.95. The van der Waals surface area contributed by atoms with Crippen LogP contribution in [-0.4, -0.2) is 28.7 Å². The molecular weight excluding hydrogens is 370 g/mol. The minimum Gasteiger partial charge on any atom is -0.496 e. The molecule has 2 rings (SSSR count). The SMILES string of the molecule is COc1ccc(NC(=O)CSc2nc(C)cc(=O)[nH]2)cc1Br. The number of nitrogens with zero attached hydrogens (tertiary/aromatic N) is 1. The van der Waals surface area contributed by atoms with Crippen LogP contribution in [-0.2, 0) is 4.79 Å². The van der Waals surface area contributed by atoms with Gasteiger partial charge in [0.1, 0.15) is 5.75 Å². The molecule has 1 aromatic heterocycles. The number of carbonyl (C=O) groups is 1. The maximum Gasteiger partial charge on any atom is 0.251 e. The van der Waals surface area contributed by atoms with E-state index in [0.29, 0.717) is 22.3 Å². The third-order valence-electron chi connectivity index (χ3n) is 2.62. The summed E-state index contributed by atoms with van der Waals surface area (Å²) < 4.78 is 5.88. The summed E-state index contributed by atoms with van der Waals surface area (Å²) >= 11 is 4.53. The number of hydrogen-bond donors (Lipinski definition) is 2. The summed E-state index contributed by atoms with van der Waals surface area (Å²) in [6, 6.07) is 6.67. The lowest BCUT2D eigenvalue weighted by atomic mass is 10.3. The summed E-state index contributed by atoms with van der Waals surface area (Å²) in [5.41, 5.74) is 1.05. The molecule has 0 unspecified atom stereocenters. The van der Waals surface area contributed by atoms with Gasteiger partial charge in [-0.05, 0) is 41.1 Å². The minimum atomic E-state index is -0.227. The van der Waals surface area contributed by atoms with E-state index in [1.165, 1.54) is 17.8 Å². The van der Waals surface area contributed by atoms with Crippen LogP contribution in [0.5, 0.6) is 5.75 Å². The van der Waals surface area contributed by atoms with Crippen molar-refractivity contribution in [1.82, 2.24) is 9.97 Å². The third kappa shape index (κ3) is 4.60. The maximum absolute atomic E-state index is 11.9. The van der Waals surface area contributed by atoms with E-state index in [1.54, 1.807) is 32.2 Å². The van der Waals surface area contributed by atoms with Crippen LogP contribution in [0.3, 0.4) is 0 Å². The molecule has 0 bridgehead atoms. The summed E-state index contributed by atoms with van der Waals surface area (Å²) in [5.74, 6) is 0.649.